The third kappa shape index (κ3) is 2.30. The lowest BCUT2D eigenvalue weighted by molar-refractivity contribution is -0.142. The molecular weight excluding hydrogens is 226 g/mol. The number of benzene rings is 2. The predicted octanol–water partition coefficient (Wildman–Crippen LogP) is 3.37. The molecule has 0 aromatic heterocycles. The predicted molar refractivity (Wildman–Crippen MR) is 73.5 cm³/mol. The van der Waals surface area contributed by atoms with Gasteiger partial charge in [-0.1, -0.05) is 24.3 Å². The Balaban J connectivity index is 2.47. The van der Waals surface area contributed by atoms with Gasteiger partial charge in [-0.25, -0.2) is 0 Å². The molecule has 2 aromatic rings. The third-order valence-electron chi connectivity index (χ3n) is 2.73. The highest BCUT2D eigenvalue weighted by molar-refractivity contribution is 5.98. The van der Waals surface area contributed by atoms with E-state index in [-0.39, 0.29) is 5.97 Å². The lowest BCUT2D eigenvalue weighted by Crippen LogP contribution is -2.25. The van der Waals surface area contributed by atoms with E-state index in [9.17, 15) is 4.79 Å². The van der Waals surface area contributed by atoms with E-state index >= 15 is 0 Å². The number of ether oxygens (including phenoxy) is 1. The molecule has 0 fully saturated rings. The lowest BCUT2D eigenvalue weighted by atomic mass is 9.97. The molecule has 0 unspecified atom stereocenters. The van der Waals surface area contributed by atoms with E-state index < -0.39 is 5.41 Å². The number of hydrogen-bond donors (Lipinski definition) is 1. The second-order valence-corrected chi connectivity index (χ2v) is 5.34. The average molecular weight is 243 g/mol. The topological polar surface area (TPSA) is 52.3 Å². The fraction of sp³-hybridized carbons (Fsp3) is 0.267. The van der Waals surface area contributed by atoms with Gasteiger partial charge in [-0.2, -0.15) is 0 Å². The molecule has 2 N–H and O–H groups in total. The summed E-state index contributed by atoms with van der Waals surface area (Å²) in [6, 6.07) is 11.1. The molecule has 0 heterocycles. The Morgan fingerprint density at radius 3 is 2.33 bits per heavy atom. The van der Waals surface area contributed by atoms with Crippen molar-refractivity contribution in [2.45, 2.75) is 20.8 Å². The van der Waals surface area contributed by atoms with Crippen molar-refractivity contribution < 1.29 is 9.53 Å². The third-order valence-corrected chi connectivity index (χ3v) is 2.73. The van der Waals surface area contributed by atoms with Crippen LogP contribution in [0, 0.1) is 5.41 Å². The van der Waals surface area contributed by atoms with Crippen LogP contribution in [0.4, 0.5) is 5.69 Å². The number of fused-ring (bicyclic) bond motifs is 1. The first-order valence-electron chi connectivity index (χ1n) is 5.89. The number of anilines is 1. The van der Waals surface area contributed by atoms with E-state index in [1.165, 1.54) is 0 Å². The van der Waals surface area contributed by atoms with Gasteiger partial charge in [0.15, 0.2) is 0 Å². The molecule has 0 saturated carbocycles. The molecule has 3 nitrogen and oxygen atoms in total. The number of nitrogens with two attached hydrogens (primary N) is 1. The molecule has 0 amide bonds. The van der Waals surface area contributed by atoms with Crippen molar-refractivity contribution in [2.24, 2.45) is 5.41 Å². The Morgan fingerprint density at radius 1 is 1.06 bits per heavy atom. The summed E-state index contributed by atoms with van der Waals surface area (Å²) < 4.78 is 5.45. The minimum Gasteiger partial charge on any atom is -0.425 e. The molecule has 3 heteroatoms. The van der Waals surface area contributed by atoms with Gasteiger partial charge < -0.3 is 10.5 Å². The summed E-state index contributed by atoms with van der Waals surface area (Å²) in [6.45, 7) is 5.48. The number of esters is 1. The van der Waals surface area contributed by atoms with Gasteiger partial charge in [-0.05, 0) is 32.9 Å². The molecule has 0 saturated heterocycles. The van der Waals surface area contributed by atoms with Crippen LogP contribution in [0.25, 0.3) is 10.8 Å². The van der Waals surface area contributed by atoms with Crippen LogP contribution in [0.15, 0.2) is 36.4 Å². The first-order chi connectivity index (χ1) is 8.39. The highest BCUT2D eigenvalue weighted by Gasteiger charge is 2.24. The van der Waals surface area contributed by atoms with Gasteiger partial charge in [0.1, 0.15) is 5.75 Å². The number of nitrogen functional groups attached to an aromatic ring is 1. The van der Waals surface area contributed by atoms with Crippen LogP contribution in [-0.2, 0) is 4.79 Å². The second kappa shape index (κ2) is 4.33. The van der Waals surface area contributed by atoms with E-state index in [1.807, 2.05) is 51.1 Å². The maximum Gasteiger partial charge on any atom is 0.316 e. The van der Waals surface area contributed by atoms with E-state index in [2.05, 4.69) is 0 Å². The van der Waals surface area contributed by atoms with E-state index in [0.29, 0.717) is 11.4 Å². The van der Waals surface area contributed by atoms with Crippen LogP contribution in [-0.4, -0.2) is 5.97 Å². The molecule has 0 bridgehead atoms. The first kappa shape index (κ1) is 12.4. The lowest BCUT2D eigenvalue weighted by Gasteiger charge is -2.17. The smallest absolute Gasteiger partial charge is 0.316 e. The summed E-state index contributed by atoms with van der Waals surface area (Å²) in [5.41, 5.74) is 6.06. The zero-order valence-electron chi connectivity index (χ0n) is 10.9. The van der Waals surface area contributed by atoms with Crippen LogP contribution in [0.3, 0.4) is 0 Å². The van der Waals surface area contributed by atoms with Crippen LogP contribution in [0.2, 0.25) is 0 Å². The Labute approximate surface area is 107 Å². The van der Waals surface area contributed by atoms with Gasteiger partial charge in [0.05, 0.1) is 5.41 Å². The molecule has 0 spiro atoms. The number of carbonyl (C=O) groups is 1. The Hall–Kier alpha value is -2.03. The standard InChI is InChI=1S/C15H17NO2/c1-15(2,3)14(17)18-13-9-5-6-10-11(13)7-4-8-12(10)16/h4-9H,16H2,1-3H3. The maximum absolute atomic E-state index is 11.9. The van der Waals surface area contributed by atoms with Crippen molar-refractivity contribution in [1.29, 1.82) is 0 Å². The van der Waals surface area contributed by atoms with E-state index in [4.69, 9.17) is 10.5 Å². The molecule has 0 radical (unpaired) electrons. The highest BCUT2D eigenvalue weighted by atomic mass is 16.5. The average Bonchev–Trinajstić information content (AvgIpc) is 2.29. The van der Waals surface area contributed by atoms with E-state index in [0.717, 1.165) is 10.8 Å². The Kier molecular flexibility index (Phi) is 2.99. The largest absolute Gasteiger partial charge is 0.425 e. The fourth-order valence-corrected chi connectivity index (χ4v) is 1.65. The molecule has 0 aliphatic rings. The Bertz CT molecular complexity index is 597. The van der Waals surface area contributed by atoms with Crippen molar-refractivity contribution in [3.8, 4) is 5.75 Å². The van der Waals surface area contributed by atoms with Gasteiger partial charge in [0.2, 0.25) is 0 Å². The van der Waals surface area contributed by atoms with Crippen molar-refractivity contribution in [2.75, 3.05) is 5.73 Å². The van der Waals surface area contributed by atoms with Gasteiger partial charge in [0.25, 0.3) is 0 Å². The van der Waals surface area contributed by atoms with Crippen molar-refractivity contribution in [3.05, 3.63) is 36.4 Å². The minimum absolute atomic E-state index is 0.252. The summed E-state index contributed by atoms with van der Waals surface area (Å²) in [7, 11) is 0. The van der Waals surface area contributed by atoms with Crippen LogP contribution in [0.1, 0.15) is 20.8 Å². The number of carbonyl (C=O) groups excluding carboxylic acids is 1. The molecule has 0 atom stereocenters. The van der Waals surface area contributed by atoms with Crippen LogP contribution >= 0.6 is 0 Å². The summed E-state index contributed by atoms with van der Waals surface area (Å²) in [5, 5.41) is 1.76. The Morgan fingerprint density at radius 2 is 1.67 bits per heavy atom. The van der Waals surface area contributed by atoms with Gasteiger partial charge in [-0.3, -0.25) is 4.79 Å². The van der Waals surface area contributed by atoms with Crippen molar-refractivity contribution in [3.63, 3.8) is 0 Å². The van der Waals surface area contributed by atoms with Crippen molar-refractivity contribution in [1.82, 2.24) is 0 Å². The maximum atomic E-state index is 11.9. The SMILES string of the molecule is CC(C)(C)C(=O)Oc1cccc2c(N)cccc12. The molecule has 2 aromatic carbocycles. The summed E-state index contributed by atoms with van der Waals surface area (Å²) in [6.07, 6.45) is 0. The molecule has 0 aliphatic carbocycles. The minimum atomic E-state index is -0.525. The summed E-state index contributed by atoms with van der Waals surface area (Å²) >= 11 is 0. The zero-order chi connectivity index (χ0) is 13.3. The summed E-state index contributed by atoms with van der Waals surface area (Å²) in [5.74, 6) is 0.303. The van der Waals surface area contributed by atoms with Crippen LogP contribution in [0.5, 0.6) is 5.75 Å². The quantitative estimate of drug-likeness (QED) is 0.474. The first-order valence-corrected chi connectivity index (χ1v) is 5.89. The van der Waals surface area contributed by atoms with Crippen LogP contribution < -0.4 is 10.5 Å². The molecule has 2 rings (SSSR count). The van der Waals surface area contributed by atoms with Gasteiger partial charge in [-0.15, -0.1) is 0 Å². The molecular formula is C15H17NO2. The van der Waals surface area contributed by atoms with Crippen molar-refractivity contribution >= 4 is 22.4 Å². The highest BCUT2D eigenvalue weighted by Crippen LogP contribution is 2.30. The number of rotatable bonds is 1. The molecule has 94 valence electrons. The summed E-state index contributed by atoms with van der Waals surface area (Å²) in [4.78, 5) is 11.9. The van der Waals surface area contributed by atoms with Gasteiger partial charge in [0, 0.05) is 16.5 Å². The van der Waals surface area contributed by atoms with E-state index in [1.54, 1.807) is 6.07 Å². The monoisotopic (exact) mass is 243 g/mol. The molecule has 0 aliphatic heterocycles. The second-order valence-electron chi connectivity index (χ2n) is 5.34. The fourth-order valence-electron chi connectivity index (χ4n) is 1.65. The normalized spacial score (nSPS) is 11.5. The molecule has 18 heavy (non-hydrogen) atoms. The number of hydrogen-bond acceptors (Lipinski definition) is 3. The van der Waals surface area contributed by atoms with Gasteiger partial charge >= 0.3 is 5.97 Å². The zero-order valence-corrected chi connectivity index (χ0v) is 10.9.